The number of para-hydroxylation sites is 2. The van der Waals surface area contributed by atoms with Crippen molar-refractivity contribution in [3.63, 3.8) is 0 Å². The zero-order valence-electron chi connectivity index (χ0n) is 16.1. The van der Waals surface area contributed by atoms with E-state index in [0.29, 0.717) is 12.1 Å². The van der Waals surface area contributed by atoms with Gasteiger partial charge in [0.1, 0.15) is 5.75 Å². The highest BCUT2D eigenvalue weighted by Gasteiger charge is 2.27. The van der Waals surface area contributed by atoms with E-state index in [0.717, 1.165) is 42.1 Å². The summed E-state index contributed by atoms with van der Waals surface area (Å²) >= 11 is 0. The zero-order chi connectivity index (χ0) is 19.5. The first kappa shape index (κ1) is 18.2. The Balaban J connectivity index is 1.64. The summed E-state index contributed by atoms with van der Waals surface area (Å²) in [6.45, 7) is 2.00. The van der Waals surface area contributed by atoms with Crippen molar-refractivity contribution < 1.29 is 9.53 Å². The lowest BCUT2D eigenvalue weighted by Gasteiger charge is -2.25. The Morgan fingerprint density at radius 3 is 2.96 bits per heavy atom. The number of hydrogen-bond donors (Lipinski definition) is 1. The number of aromatic nitrogens is 4. The molecule has 1 heterocycles. The number of tetrazole rings is 1. The van der Waals surface area contributed by atoms with Gasteiger partial charge in [0.05, 0.1) is 24.4 Å². The molecule has 28 heavy (non-hydrogen) atoms. The average Bonchev–Trinajstić information content (AvgIpc) is 3.22. The molecule has 1 aliphatic rings. The molecular formula is C21H23N5O2. The van der Waals surface area contributed by atoms with E-state index in [4.69, 9.17) is 4.74 Å². The van der Waals surface area contributed by atoms with Crippen molar-refractivity contribution in [3.05, 3.63) is 59.4 Å². The molecule has 0 aliphatic heterocycles. The number of amides is 1. The van der Waals surface area contributed by atoms with E-state index < -0.39 is 0 Å². The summed E-state index contributed by atoms with van der Waals surface area (Å²) in [6, 6.07) is 13.6. The lowest BCUT2D eigenvalue weighted by Crippen LogP contribution is -2.25. The topological polar surface area (TPSA) is 81.9 Å². The fraction of sp³-hybridized carbons (Fsp3) is 0.333. The number of nitrogens with one attached hydrogen (secondary N) is 1. The molecule has 1 unspecified atom stereocenters. The summed E-state index contributed by atoms with van der Waals surface area (Å²) in [5.74, 6) is 1.30. The molecule has 3 aromatic rings. The van der Waals surface area contributed by atoms with Crippen molar-refractivity contribution >= 4 is 11.6 Å². The van der Waals surface area contributed by atoms with E-state index in [9.17, 15) is 4.79 Å². The second-order valence-corrected chi connectivity index (χ2v) is 6.88. The summed E-state index contributed by atoms with van der Waals surface area (Å²) in [7, 11) is 1.65. The summed E-state index contributed by atoms with van der Waals surface area (Å²) in [5.41, 5.74) is 3.73. The number of hydrogen-bond acceptors (Lipinski definition) is 5. The molecular weight excluding hydrogens is 354 g/mol. The predicted molar refractivity (Wildman–Crippen MR) is 106 cm³/mol. The number of methoxy groups -OCH3 is 1. The third-order valence-electron chi connectivity index (χ3n) is 5.22. The van der Waals surface area contributed by atoms with Crippen molar-refractivity contribution in [2.75, 3.05) is 12.4 Å². The van der Waals surface area contributed by atoms with Gasteiger partial charge in [-0.2, -0.15) is 4.68 Å². The number of anilines is 1. The summed E-state index contributed by atoms with van der Waals surface area (Å²) in [5, 5.41) is 15.0. The van der Waals surface area contributed by atoms with Crippen molar-refractivity contribution in [3.8, 4) is 11.4 Å². The maximum atomic E-state index is 13.2. The molecule has 1 N–H and O–H groups in total. The van der Waals surface area contributed by atoms with Gasteiger partial charge in [0, 0.05) is 6.42 Å². The van der Waals surface area contributed by atoms with Crippen LogP contribution in [0.4, 0.5) is 5.69 Å². The Morgan fingerprint density at radius 1 is 1.29 bits per heavy atom. The highest BCUT2D eigenvalue weighted by atomic mass is 16.5. The minimum Gasteiger partial charge on any atom is -0.497 e. The monoisotopic (exact) mass is 377 g/mol. The Kier molecular flexibility index (Phi) is 5.06. The Bertz CT molecular complexity index is 998. The maximum Gasteiger partial charge on any atom is 0.231 e. The Labute approximate surface area is 163 Å². The SMILES string of the molecule is CCc1nnnn1-c1ccccc1NC(=O)C1CCCc2ccc(OC)cc21. The molecule has 1 aliphatic carbocycles. The minimum absolute atomic E-state index is 0.0206. The Hall–Kier alpha value is -3.22. The van der Waals surface area contributed by atoms with Crippen LogP contribution in [0.2, 0.25) is 0 Å². The van der Waals surface area contributed by atoms with Crippen molar-refractivity contribution in [2.24, 2.45) is 0 Å². The number of aryl methyl sites for hydroxylation is 2. The largest absolute Gasteiger partial charge is 0.497 e. The fourth-order valence-electron chi connectivity index (χ4n) is 3.77. The van der Waals surface area contributed by atoms with Gasteiger partial charge in [-0.1, -0.05) is 25.1 Å². The van der Waals surface area contributed by atoms with Crippen molar-refractivity contribution in [1.82, 2.24) is 20.2 Å². The van der Waals surface area contributed by atoms with Crippen molar-refractivity contribution in [2.45, 2.75) is 38.5 Å². The van der Waals surface area contributed by atoms with Gasteiger partial charge in [0.2, 0.25) is 5.91 Å². The van der Waals surface area contributed by atoms with Crippen LogP contribution < -0.4 is 10.1 Å². The van der Waals surface area contributed by atoms with E-state index in [1.54, 1.807) is 11.8 Å². The maximum absolute atomic E-state index is 13.2. The van der Waals surface area contributed by atoms with Crippen LogP contribution in [0.5, 0.6) is 5.75 Å². The van der Waals surface area contributed by atoms with E-state index in [2.05, 4.69) is 26.9 Å². The van der Waals surface area contributed by atoms with E-state index in [1.807, 2.05) is 43.3 Å². The van der Waals surface area contributed by atoms with Crippen LogP contribution in [0.25, 0.3) is 5.69 Å². The second-order valence-electron chi connectivity index (χ2n) is 6.88. The van der Waals surface area contributed by atoms with E-state index >= 15 is 0 Å². The Morgan fingerprint density at radius 2 is 2.14 bits per heavy atom. The number of benzene rings is 2. The average molecular weight is 377 g/mol. The molecule has 1 amide bonds. The quantitative estimate of drug-likeness (QED) is 0.738. The number of rotatable bonds is 5. The van der Waals surface area contributed by atoms with Gasteiger partial charge in [0.25, 0.3) is 0 Å². The molecule has 1 atom stereocenters. The molecule has 4 rings (SSSR count). The van der Waals surface area contributed by atoms with Crippen molar-refractivity contribution in [1.29, 1.82) is 0 Å². The molecule has 2 aromatic carbocycles. The second kappa shape index (κ2) is 7.80. The molecule has 0 saturated heterocycles. The summed E-state index contributed by atoms with van der Waals surface area (Å²) in [4.78, 5) is 13.2. The van der Waals surface area contributed by atoms with Gasteiger partial charge in [-0.05, 0) is 65.1 Å². The number of fused-ring (bicyclic) bond motifs is 1. The first-order chi connectivity index (χ1) is 13.7. The number of nitrogens with zero attached hydrogens (tertiary/aromatic N) is 4. The first-order valence-electron chi connectivity index (χ1n) is 9.55. The van der Waals surface area contributed by atoms with E-state index in [1.165, 1.54) is 5.56 Å². The minimum atomic E-state index is -0.202. The predicted octanol–water partition coefficient (Wildman–Crippen LogP) is 3.29. The highest BCUT2D eigenvalue weighted by molar-refractivity contribution is 5.97. The van der Waals surface area contributed by atoms with Crippen LogP contribution in [-0.2, 0) is 17.6 Å². The zero-order valence-corrected chi connectivity index (χ0v) is 16.1. The van der Waals surface area contributed by atoms with Gasteiger partial charge in [-0.15, -0.1) is 5.10 Å². The number of carbonyl (C=O) groups is 1. The van der Waals surface area contributed by atoms with Gasteiger partial charge in [-0.3, -0.25) is 4.79 Å². The van der Waals surface area contributed by atoms with Crippen LogP contribution in [0.15, 0.2) is 42.5 Å². The van der Waals surface area contributed by atoms with Crippen LogP contribution >= 0.6 is 0 Å². The van der Waals surface area contributed by atoms with Crippen LogP contribution in [0, 0.1) is 0 Å². The molecule has 0 bridgehead atoms. The molecule has 144 valence electrons. The summed E-state index contributed by atoms with van der Waals surface area (Å²) in [6.07, 6.45) is 3.50. The van der Waals surface area contributed by atoms with Gasteiger partial charge in [0.15, 0.2) is 5.82 Å². The smallest absolute Gasteiger partial charge is 0.231 e. The molecule has 1 aromatic heterocycles. The van der Waals surface area contributed by atoms with Crippen LogP contribution in [0.3, 0.4) is 0 Å². The first-order valence-corrected chi connectivity index (χ1v) is 9.55. The van der Waals surface area contributed by atoms with E-state index in [-0.39, 0.29) is 11.8 Å². The summed E-state index contributed by atoms with van der Waals surface area (Å²) < 4.78 is 7.04. The lowest BCUT2D eigenvalue weighted by molar-refractivity contribution is -0.117. The third-order valence-corrected chi connectivity index (χ3v) is 5.22. The molecule has 0 spiro atoms. The third kappa shape index (κ3) is 3.35. The number of carbonyl (C=O) groups excluding carboxylic acids is 1. The van der Waals surface area contributed by atoms with Gasteiger partial charge < -0.3 is 10.1 Å². The van der Waals surface area contributed by atoms with Crippen LogP contribution in [-0.4, -0.2) is 33.2 Å². The van der Waals surface area contributed by atoms with Gasteiger partial charge >= 0.3 is 0 Å². The standard InChI is InChI=1S/C21H23N5O2/c1-3-20-23-24-25-26(20)19-10-5-4-9-18(19)22-21(27)16-8-6-7-14-11-12-15(28-2)13-17(14)16/h4-5,9-13,16H,3,6-8H2,1-2H3,(H,22,27). The molecule has 0 radical (unpaired) electrons. The van der Waals surface area contributed by atoms with Crippen LogP contribution in [0.1, 0.15) is 42.6 Å². The molecule has 0 fully saturated rings. The molecule has 0 saturated carbocycles. The lowest BCUT2D eigenvalue weighted by atomic mass is 9.82. The van der Waals surface area contributed by atoms with Gasteiger partial charge in [-0.25, -0.2) is 0 Å². The fourth-order valence-corrected chi connectivity index (χ4v) is 3.77. The highest BCUT2D eigenvalue weighted by Crippen LogP contribution is 2.35. The number of ether oxygens (including phenoxy) is 1. The normalized spacial score (nSPS) is 15.7. The molecule has 7 heteroatoms. The molecule has 7 nitrogen and oxygen atoms in total.